The fraction of sp³-hybridized carbons (Fsp3) is 0.333. The summed E-state index contributed by atoms with van der Waals surface area (Å²) in [6, 6.07) is 25.4. The Hall–Kier alpha value is -3.36. The van der Waals surface area contributed by atoms with E-state index in [4.69, 9.17) is 0 Å². The second-order valence-corrected chi connectivity index (χ2v) is 8.44. The van der Waals surface area contributed by atoms with Gasteiger partial charge in [-0.15, -0.1) is 0 Å². The van der Waals surface area contributed by atoms with Gasteiger partial charge < -0.3 is 0 Å². The van der Waals surface area contributed by atoms with E-state index in [9.17, 15) is 10.5 Å². The van der Waals surface area contributed by atoms with E-state index in [2.05, 4.69) is 74.5 Å². The average Bonchev–Trinajstić information content (AvgIpc) is 2.84. The smallest absolute Gasteiger partial charge is 0.101 e. The standard InChI is InChI=1S/C30H32N2/c1-3-5-6-7-8-10-24-13-17-26(18-14-24)28-20-19-27(29(21-31)30(28)22-32)25-15-11-23(9-4-2)12-16-25/h11-20H,3-10H2,1-2H3. The van der Waals surface area contributed by atoms with Gasteiger partial charge in [0, 0.05) is 11.1 Å². The lowest BCUT2D eigenvalue weighted by atomic mass is 9.89. The minimum atomic E-state index is 0.452. The second kappa shape index (κ2) is 11.9. The molecular weight excluding hydrogens is 388 g/mol. The van der Waals surface area contributed by atoms with Crippen molar-refractivity contribution >= 4 is 0 Å². The summed E-state index contributed by atoms with van der Waals surface area (Å²) in [5.74, 6) is 0. The molecule has 0 atom stereocenters. The van der Waals surface area contributed by atoms with E-state index in [1.165, 1.54) is 43.2 Å². The normalized spacial score (nSPS) is 10.5. The summed E-state index contributed by atoms with van der Waals surface area (Å²) in [4.78, 5) is 0. The van der Waals surface area contributed by atoms with E-state index in [-0.39, 0.29) is 0 Å². The summed E-state index contributed by atoms with van der Waals surface area (Å²) in [6.45, 7) is 4.40. The predicted molar refractivity (Wildman–Crippen MR) is 133 cm³/mol. The first-order valence-electron chi connectivity index (χ1n) is 11.9. The van der Waals surface area contributed by atoms with Gasteiger partial charge in [-0.25, -0.2) is 0 Å². The lowest BCUT2D eigenvalue weighted by molar-refractivity contribution is 0.632. The zero-order valence-electron chi connectivity index (χ0n) is 19.3. The van der Waals surface area contributed by atoms with Crippen molar-refractivity contribution in [1.82, 2.24) is 0 Å². The molecule has 0 aliphatic rings. The predicted octanol–water partition coefficient (Wildman–Crippen LogP) is 8.23. The van der Waals surface area contributed by atoms with Gasteiger partial charge in [-0.05, 0) is 41.5 Å². The maximum Gasteiger partial charge on any atom is 0.101 e. The molecule has 0 unspecified atom stereocenters. The largest absolute Gasteiger partial charge is 0.192 e. The van der Waals surface area contributed by atoms with Gasteiger partial charge in [-0.1, -0.05) is 107 Å². The molecule has 0 saturated carbocycles. The number of benzene rings is 3. The van der Waals surface area contributed by atoms with Crippen LogP contribution in [0.25, 0.3) is 22.3 Å². The van der Waals surface area contributed by atoms with Crippen molar-refractivity contribution in [3.8, 4) is 34.4 Å². The quantitative estimate of drug-likeness (QED) is 0.310. The highest BCUT2D eigenvalue weighted by Crippen LogP contribution is 2.33. The first kappa shape index (κ1) is 23.3. The molecule has 0 aliphatic heterocycles. The number of aryl methyl sites for hydroxylation is 2. The SMILES string of the molecule is CCCCCCCc1ccc(-c2ccc(-c3ccc(CCC)cc3)c(C#N)c2C#N)cc1. The number of hydrogen-bond donors (Lipinski definition) is 0. The zero-order valence-corrected chi connectivity index (χ0v) is 19.3. The van der Waals surface area contributed by atoms with Crippen molar-refractivity contribution in [2.45, 2.75) is 65.2 Å². The molecule has 162 valence electrons. The molecule has 3 rings (SSSR count). The topological polar surface area (TPSA) is 47.6 Å². The van der Waals surface area contributed by atoms with Crippen molar-refractivity contribution in [2.24, 2.45) is 0 Å². The third-order valence-corrected chi connectivity index (χ3v) is 6.07. The summed E-state index contributed by atoms with van der Waals surface area (Å²) in [7, 11) is 0. The zero-order chi connectivity index (χ0) is 22.8. The Balaban J connectivity index is 1.85. The van der Waals surface area contributed by atoms with Crippen LogP contribution >= 0.6 is 0 Å². The van der Waals surface area contributed by atoms with Crippen molar-refractivity contribution in [2.75, 3.05) is 0 Å². The monoisotopic (exact) mass is 420 g/mol. The van der Waals surface area contributed by atoms with Gasteiger partial charge in [-0.2, -0.15) is 10.5 Å². The molecule has 0 amide bonds. The molecule has 0 spiro atoms. The molecule has 0 aliphatic carbocycles. The Labute approximate surface area is 193 Å². The van der Waals surface area contributed by atoms with Crippen LogP contribution in [0.1, 0.15) is 74.6 Å². The average molecular weight is 421 g/mol. The Morgan fingerprint density at radius 3 is 1.44 bits per heavy atom. The van der Waals surface area contributed by atoms with Crippen molar-refractivity contribution in [1.29, 1.82) is 10.5 Å². The molecule has 0 bridgehead atoms. The van der Waals surface area contributed by atoms with Crippen LogP contribution in [0.15, 0.2) is 60.7 Å². The number of rotatable bonds is 10. The van der Waals surface area contributed by atoms with E-state index in [0.29, 0.717) is 11.1 Å². The molecule has 0 heterocycles. The molecule has 3 aromatic rings. The molecule has 32 heavy (non-hydrogen) atoms. The van der Waals surface area contributed by atoms with E-state index in [0.717, 1.165) is 41.5 Å². The van der Waals surface area contributed by atoms with Crippen LogP contribution < -0.4 is 0 Å². The van der Waals surface area contributed by atoms with Gasteiger partial charge in [0.1, 0.15) is 12.1 Å². The third kappa shape index (κ3) is 5.66. The van der Waals surface area contributed by atoms with Gasteiger partial charge in [0.05, 0.1) is 11.1 Å². The first-order chi connectivity index (χ1) is 15.7. The lowest BCUT2D eigenvalue weighted by Crippen LogP contribution is -1.95. The summed E-state index contributed by atoms with van der Waals surface area (Å²) in [5.41, 5.74) is 7.12. The minimum absolute atomic E-state index is 0.452. The number of hydrogen-bond acceptors (Lipinski definition) is 2. The van der Waals surface area contributed by atoms with Crippen LogP contribution in [-0.2, 0) is 12.8 Å². The van der Waals surface area contributed by atoms with Gasteiger partial charge in [-0.3, -0.25) is 0 Å². The Morgan fingerprint density at radius 2 is 1.00 bits per heavy atom. The van der Waals surface area contributed by atoms with Crippen LogP contribution in [0.2, 0.25) is 0 Å². The Bertz CT molecular complexity index is 1090. The maximum absolute atomic E-state index is 9.92. The number of nitrogens with zero attached hydrogens (tertiary/aromatic N) is 2. The third-order valence-electron chi connectivity index (χ3n) is 6.07. The van der Waals surface area contributed by atoms with E-state index >= 15 is 0 Å². The van der Waals surface area contributed by atoms with Crippen molar-refractivity contribution in [3.05, 3.63) is 82.9 Å². The molecule has 0 fully saturated rings. The fourth-order valence-corrected chi connectivity index (χ4v) is 4.24. The van der Waals surface area contributed by atoms with E-state index in [1.54, 1.807) is 0 Å². The van der Waals surface area contributed by atoms with Crippen LogP contribution in [0.3, 0.4) is 0 Å². The Kier molecular flexibility index (Phi) is 8.65. The van der Waals surface area contributed by atoms with Gasteiger partial charge in [0.2, 0.25) is 0 Å². The molecule has 0 saturated heterocycles. The second-order valence-electron chi connectivity index (χ2n) is 8.44. The van der Waals surface area contributed by atoms with Gasteiger partial charge in [0.25, 0.3) is 0 Å². The van der Waals surface area contributed by atoms with Gasteiger partial charge in [0.15, 0.2) is 0 Å². The highest BCUT2D eigenvalue weighted by molar-refractivity contribution is 5.82. The molecule has 0 N–H and O–H groups in total. The van der Waals surface area contributed by atoms with Crippen LogP contribution in [0.5, 0.6) is 0 Å². The van der Waals surface area contributed by atoms with E-state index < -0.39 is 0 Å². The summed E-state index contributed by atoms with van der Waals surface area (Å²) < 4.78 is 0. The van der Waals surface area contributed by atoms with E-state index in [1.807, 2.05) is 12.1 Å². The molecule has 2 heteroatoms. The maximum atomic E-state index is 9.92. The minimum Gasteiger partial charge on any atom is -0.192 e. The molecule has 0 radical (unpaired) electrons. The highest BCUT2D eigenvalue weighted by atomic mass is 14.3. The molecule has 3 aromatic carbocycles. The summed E-state index contributed by atoms with van der Waals surface area (Å²) in [5, 5.41) is 19.8. The summed E-state index contributed by atoms with van der Waals surface area (Å²) in [6.07, 6.45) is 9.62. The van der Waals surface area contributed by atoms with Crippen molar-refractivity contribution in [3.63, 3.8) is 0 Å². The van der Waals surface area contributed by atoms with Crippen molar-refractivity contribution < 1.29 is 0 Å². The highest BCUT2D eigenvalue weighted by Gasteiger charge is 2.16. The van der Waals surface area contributed by atoms with Crippen LogP contribution in [0, 0.1) is 22.7 Å². The number of unbranched alkanes of at least 4 members (excludes halogenated alkanes) is 4. The van der Waals surface area contributed by atoms with Crippen LogP contribution in [0.4, 0.5) is 0 Å². The number of nitriles is 2. The molecule has 2 nitrogen and oxygen atoms in total. The molecule has 0 aromatic heterocycles. The Morgan fingerprint density at radius 1 is 0.531 bits per heavy atom. The summed E-state index contributed by atoms with van der Waals surface area (Å²) >= 11 is 0. The molecular formula is C30H32N2. The first-order valence-corrected chi connectivity index (χ1v) is 11.9. The fourth-order valence-electron chi connectivity index (χ4n) is 4.24. The lowest BCUT2D eigenvalue weighted by Gasteiger charge is -2.12. The van der Waals surface area contributed by atoms with Gasteiger partial charge >= 0.3 is 0 Å². The van der Waals surface area contributed by atoms with Crippen LogP contribution in [-0.4, -0.2) is 0 Å².